The third-order valence-electron chi connectivity index (χ3n) is 6.28. The van der Waals surface area contributed by atoms with Gasteiger partial charge in [-0.1, -0.05) is 50.5 Å². The topological polar surface area (TPSA) is 85.3 Å². The Kier molecular flexibility index (Phi) is 5.62. The van der Waals surface area contributed by atoms with Crippen molar-refractivity contribution in [1.29, 1.82) is 0 Å². The molecule has 1 atom stereocenters. The molecular formula is C25H28N2O3. The third-order valence-corrected chi connectivity index (χ3v) is 6.28. The van der Waals surface area contributed by atoms with E-state index in [1.54, 1.807) is 18.2 Å². The summed E-state index contributed by atoms with van der Waals surface area (Å²) in [5.41, 5.74) is 10.5. The molecule has 156 valence electrons. The van der Waals surface area contributed by atoms with Crippen molar-refractivity contribution in [2.24, 2.45) is 11.7 Å². The van der Waals surface area contributed by atoms with Gasteiger partial charge in [0.1, 0.15) is 0 Å². The van der Waals surface area contributed by atoms with Crippen LogP contribution in [0.1, 0.15) is 70.1 Å². The van der Waals surface area contributed by atoms with Gasteiger partial charge in [0.2, 0.25) is 5.91 Å². The minimum atomic E-state index is -0.914. The molecular weight excluding hydrogens is 376 g/mol. The number of carboxylic acid groups (broad SMARTS) is 1. The van der Waals surface area contributed by atoms with Crippen molar-refractivity contribution in [3.05, 3.63) is 70.4 Å². The molecule has 0 bridgehead atoms. The monoisotopic (exact) mass is 404 g/mol. The number of carbonyl (C=O) groups is 2. The number of benzene rings is 2. The van der Waals surface area contributed by atoms with E-state index in [-0.39, 0.29) is 0 Å². The molecule has 5 heteroatoms. The largest absolute Gasteiger partial charge is 0.478 e. The summed E-state index contributed by atoms with van der Waals surface area (Å²) < 4.78 is 2.16. The number of hydrogen-bond donors (Lipinski definition) is 2. The highest BCUT2D eigenvalue weighted by atomic mass is 16.4. The van der Waals surface area contributed by atoms with Gasteiger partial charge in [0.15, 0.2) is 0 Å². The molecule has 0 spiro atoms. The number of aromatic carboxylic acids is 1. The zero-order valence-corrected chi connectivity index (χ0v) is 17.4. The maximum atomic E-state index is 12.0. The molecule has 30 heavy (non-hydrogen) atoms. The summed E-state index contributed by atoms with van der Waals surface area (Å²) >= 11 is 0. The number of fused-ring (bicyclic) bond motifs is 3. The number of unbranched alkanes of at least 4 members (excludes halogenated alkanes) is 2. The summed E-state index contributed by atoms with van der Waals surface area (Å²) in [5, 5.41) is 10.9. The van der Waals surface area contributed by atoms with Crippen molar-refractivity contribution in [1.82, 2.24) is 4.57 Å². The van der Waals surface area contributed by atoms with Crippen LogP contribution in [0.4, 0.5) is 0 Å². The van der Waals surface area contributed by atoms with E-state index < -0.39 is 11.9 Å². The van der Waals surface area contributed by atoms with Crippen molar-refractivity contribution in [2.45, 2.75) is 52.0 Å². The van der Waals surface area contributed by atoms with Crippen LogP contribution in [0.5, 0.6) is 0 Å². The minimum Gasteiger partial charge on any atom is -0.478 e. The minimum absolute atomic E-state index is 0.329. The number of nitrogens with zero attached hydrogens (tertiary/aromatic N) is 1. The van der Waals surface area contributed by atoms with Crippen LogP contribution in [0.15, 0.2) is 42.5 Å². The van der Waals surface area contributed by atoms with Gasteiger partial charge in [-0.3, -0.25) is 4.79 Å². The molecule has 3 aromatic rings. The van der Waals surface area contributed by atoms with E-state index in [0.29, 0.717) is 23.6 Å². The number of aromatic nitrogens is 1. The fourth-order valence-corrected chi connectivity index (χ4v) is 4.87. The van der Waals surface area contributed by atoms with E-state index in [4.69, 9.17) is 5.73 Å². The standard InChI is InChI=1S/C25H28N2O3/c1-2-3-4-7-16-13-21-19-10-6-11-20(25(29)30)23(19)27(22(21)14-16)15-17-8-5-9-18(12-17)24(26)28/h5-6,8-12,16H,2-4,7,13-15H2,1H3,(H2,26,28)(H,29,30). The lowest BCUT2D eigenvalue weighted by Gasteiger charge is -2.15. The Balaban J connectivity index is 1.78. The summed E-state index contributed by atoms with van der Waals surface area (Å²) in [4.78, 5) is 23.6. The van der Waals surface area contributed by atoms with Crippen LogP contribution in [0.3, 0.4) is 0 Å². The summed E-state index contributed by atoms with van der Waals surface area (Å²) in [6.45, 7) is 2.75. The molecule has 3 N–H and O–H groups in total. The van der Waals surface area contributed by atoms with E-state index in [0.717, 1.165) is 29.3 Å². The molecule has 0 saturated carbocycles. The first-order valence-electron chi connectivity index (χ1n) is 10.7. The molecule has 0 radical (unpaired) electrons. The van der Waals surface area contributed by atoms with Gasteiger partial charge >= 0.3 is 5.97 Å². The van der Waals surface area contributed by atoms with Crippen molar-refractivity contribution >= 4 is 22.8 Å². The number of primary amides is 1. The number of amides is 1. The fourth-order valence-electron chi connectivity index (χ4n) is 4.87. The van der Waals surface area contributed by atoms with Gasteiger partial charge in [-0.2, -0.15) is 0 Å². The number of hydrogen-bond acceptors (Lipinski definition) is 2. The Labute approximate surface area is 176 Å². The highest BCUT2D eigenvalue weighted by Gasteiger charge is 2.30. The van der Waals surface area contributed by atoms with Crippen LogP contribution in [-0.4, -0.2) is 21.6 Å². The smallest absolute Gasteiger partial charge is 0.337 e. The maximum Gasteiger partial charge on any atom is 0.337 e. The molecule has 0 fully saturated rings. The Morgan fingerprint density at radius 3 is 2.67 bits per heavy atom. The SMILES string of the molecule is CCCCCC1Cc2c(n(Cc3cccc(C(N)=O)c3)c3c(C(=O)O)cccc23)C1. The Bertz CT molecular complexity index is 1110. The maximum absolute atomic E-state index is 12.0. The van der Waals surface area contributed by atoms with E-state index in [1.807, 2.05) is 24.3 Å². The van der Waals surface area contributed by atoms with Crippen molar-refractivity contribution in [3.8, 4) is 0 Å². The van der Waals surface area contributed by atoms with E-state index in [1.165, 1.54) is 36.9 Å². The van der Waals surface area contributed by atoms with Crippen LogP contribution in [0.2, 0.25) is 0 Å². The molecule has 1 aliphatic rings. The number of rotatable bonds is 8. The van der Waals surface area contributed by atoms with Crippen LogP contribution in [0.25, 0.3) is 10.9 Å². The average molecular weight is 405 g/mol. The van der Waals surface area contributed by atoms with Crippen molar-refractivity contribution in [3.63, 3.8) is 0 Å². The summed E-state index contributed by atoms with van der Waals surface area (Å²) in [6.07, 6.45) is 6.90. The first-order chi connectivity index (χ1) is 14.5. The van der Waals surface area contributed by atoms with Crippen LogP contribution in [-0.2, 0) is 19.4 Å². The average Bonchev–Trinajstić information content (AvgIpc) is 3.26. The number of carboxylic acids is 1. The zero-order chi connectivity index (χ0) is 21.3. The molecule has 1 unspecified atom stereocenters. The van der Waals surface area contributed by atoms with Crippen LogP contribution >= 0.6 is 0 Å². The highest BCUT2D eigenvalue weighted by molar-refractivity contribution is 6.04. The van der Waals surface area contributed by atoms with Gasteiger partial charge in [-0.15, -0.1) is 0 Å². The summed E-state index contributed by atoms with van der Waals surface area (Å²) in [5.74, 6) is -0.757. The van der Waals surface area contributed by atoms with E-state index >= 15 is 0 Å². The second-order valence-electron chi connectivity index (χ2n) is 8.35. The second-order valence-corrected chi connectivity index (χ2v) is 8.35. The predicted octanol–water partition coefficient (Wildman–Crippen LogP) is 4.78. The Morgan fingerprint density at radius 1 is 1.13 bits per heavy atom. The third kappa shape index (κ3) is 3.72. The van der Waals surface area contributed by atoms with Crippen LogP contribution in [0, 0.1) is 5.92 Å². The molecule has 1 aromatic heterocycles. The van der Waals surface area contributed by atoms with Crippen molar-refractivity contribution in [2.75, 3.05) is 0 Å². The lowest BCUT2D eigenvalue weighted by Crippen LogP contribution is -2.12. The lowest BCUT2D eigenvalue weighted by molar-refractivity contribution is 0.0698. The van der Waals surface area contributed by atoms with Crippen LogP contribution < -0.4 is 5.73 Å². The summed E-state index contributed by atoms with van der Waals surface area (Å²) in [7, 11) is 0. The lowest BCUT2D eigenvalue weighted by atomic mass is 9.97. The molecule has 2 aromatic carbocycles. The normalized spacial score (nSPS) is 15.4. The number of nitrogens with two attached hydrogens (primary N) is 1. The van der Waals surface area contributed by atoms with Gasteiger partial charge in [-0.25, -0.2) is 4.79 Å². The molecule has 1 heterocycles. The van der Waals surface area contributed by atoms with Gasteiger partial charge in [0, 0.05) is 23.2 Å². The molecule has 0 saturated heterocycles. The molecule has 4 rings (SSSR count). The molecule has 1 aliphatic carbocycles. The second kappa shape index (κ2) is 8.34. The summed E-state index contributed by atoms with van der Waals surface area (Å²) in [6, 6.07) is 12.9. The van der Waals surface area contributed by atoms with Gasteiger partial charge < -0.3 is 15.4 Å². The van der Waals surface area contributed by atoms with Gasteiger partial charge in [0.25, 0.3) is 0 Å². The fraction of sp³-hybridized carbons (Fsp3) is 0.360. The van der Waals surface area contributed by atoms with Gasteiger partial charge in [0.05, 0.1) is 11.1 Å². The molecule has 0 aliphatic heterocycles. The Hall–Kier alpha value is -3.08. The molecule has 1 amide bonds. The predicted molar refractivity (Wildman–Crippen MR) is 118 cm³/mol. The first-order valence-corrected chi connectivity index (χ1v) is 10.7. The van der Waals surface area contributed by atoms with E-state index in [2.05, 4.69) is 11.5 Å². The number of carbonyl (C=O) groups excluding carboxylic acids is 1. The van der Waals surface area contributed by atoms with Gasteiger partial charge in [-0.05, 0) is 54.5 Å². The zero-order valence-electron chi connectivity index (χ0n) is 17.4. The highest BCUT2D eigenvalue weighted by Crippen LogP contribution is 2.39. The quantitative estimate of drug-likeness (QED) is 0.530. The Morgan fingerprint density at radius 2 is 1.93 bits per heavy atom. The first kappa shape index (κ1) is 20.2. The van der Waals surface area contributed by atoms with E-state index in [9.17, 15) is 14.7 Å². The van der Waals surface area contributed by atoms with Crippen molar-refractivity contribution < 1.29 is 14.7 Å². The molecule has 5 nitrogen and oxygen atoms in total. The number of para-hydroxylation sites is 1.